The van der Waals surface area contributed by atoms with Crippen LogP contribution in [0.1, 0.15) is 21.9 Å². The molecule has 0 spiro atoms. The molecule has 0 aliphatic carbocycles. The highest BCUT2D eigenvalue weighted by atomic mass is 16.5. The molecule has 0 fully saturated rings. The van der Waals surface area contributed by atoms with Crippen molar-refractivity contribution in [1.82, 2.24) is 15.2 Å². The van der Waals surface area contributed by atoms with Crippen LogP contribution in [0.3, 0.4) is 0 Å². The molecule has 3 aromatic rings. The van der Waals surface area contributed by atoms with Crippen LogP contribution in [0.2, 0.25) is 0 Å². The van der Waals surface area contributed by atoms with E-state index in [4.69, 9.17) is 9.15 Å². The van der Waals surface area contributed by atoms with Gasteiger partial charge in [-0.05, 0) is 29.8 Å². The van der Waals surface area contributed by atoms with Crippen LogP contribution in [0.5, 0.6) is 5.75 Å². The van der Waals surface area contributed by atoms with Crippen molar-refractivity contribution >= 4 is 11.9 Å². The Labute approximate surface area is 132 Å². The lowest BCUT2D eigenvalue weighted by Crippen LogP contribution is -2.13. The SMILES string of the molecule is COc1ccc(Cc2nnc(NC(=O)c3ccccn3)o2)cc1. The first-order valence-electron chi connectivity index (χ1n) is 6.92. The highest BCUT2D eigenvalue weighted by molar-refractivity contribution is 6.01. The van der Waals surface area contributed by atoms with Crippen LogP contribution in [0, 0.1) is 0 Å². The number of ether oxygens (including phenoxy) is 1. The lowest BCUT2D eigenvalue weighted by molar-refractivity contribution is 0.101. The molecule has 7 nitrogen and oxygen atoms in total. The second kappa shape index (κ2) is 6.69. The summed E-state index contributed by atoms with van der Waals surface area (Å²) in [6, 6.07) is 12.6. The number of nitrogens with one attached hydrogen (secondary N) is 1. The first-order chi connectivity index (χ1) is 11.2. The van der Waals surface area contributed by atoms with Crippen molar-refractivity contribution in [2.75, 3.05) is 12.4 Å². The molecule has 0 saturated heterocycles. The zero-order valence-electron chi connectivity index (χ0n) is 12.4. The van der Waals surface area contributed by atoms with Gasteiger partial charge >= 0.3 is 6.01 Å². The molecule has 0 bridgehead atoms. The minimum atomic E-state index is -0.398. The molecule has 0 saturated carbocycles. The monoisotopic (exact) mass is 310 g/mol. The summed E-state index contributed by atoms with van der Waals surface area (Å²) in [7, 11) is 1.61. The average Bonchev–Trinajstić information content (AvgIpc) is 3.03. The zero-order chi connectivity index (χ0) is 16.1. The maximum Gasteiger partial charge on any atom is 0.322 e. The summed E-state index contributed by atoms with van der Waals surface area (Å²) in [5, 5.41) is 10.2. The van der Waals surface area contributed by atoms with Crippen LogP contribution < -0.4 is 10.1 Å². The lowest BCUT2D eigenvalue weighted by atomic mass is 10.1. The standard InChI is InChI=1S/C16H14N4O3/c1-22-12-7-5-11(6-8-12)10-14-19-20-16(23-14)18-15(21)13-4-2-3-9-17-13/h2-9H,10H2,1H3,(H,18,20,21). The van der Waals surface area contributed by atoms with Crippen LogP contribution in [0.25, 0.3) is 0 Å². The molecule has 7 heteroatoms. The Morgan fingerprint density at radius 2 is 2.00 bits per heavy atom. The Morgan fingerprint density at radius 3 is 2.70 bits per heavy atom. The lowest BCUT2D eigenvalue weighted by Gasteiger charge is -2.01. The van der Waals surface area contributed by atoms with Crippen molar-refractivity contribution in [2.45, 2.75) is 6.42 Å². The minimum absolute atomic E-state index is 0.0455. The van der Waals surface area contributed by atoms with Crippen molar-refractivity contribution in [2.24, 2.45) is 0 Å². The van der Waals surface area contributed by atoms with Gasteiger partial charge in [-0.3, -0.25) is 15.1 Å². The van der Waals surface area contributed by atoms with Crippen molar-refractivity contribution in [3.63, 3.8) is 0 Å². The number of hydrogen-bond donors (Lipinski definition) is 1. The largest absolute Gasteiger partial charge is 0.497 e. The minimum Gasteiger partial charge on any atom is -0.497 e. The van der Waals surface area contributed by atoms with Gasteiger partial charge in [0.15, 0.2) is 0 Å². The van der Waals surface area contributed by atoms with E-state index in [0.29, 0.717) is 12.3 Å². The molecule has 2 heterocycles. The Bertz CT molecular complexity index is 785. The predicted octanol–water partition coefficient (Wildman–Crippen LogP) is 2.32. The van der Waals surface area contributed by atoms with Crippen molar-refractivity contribution in [1.29, 1.82) is 0 Å². The molecular weight excluding hydrogens is 296 g/mol. The third-order valence-electron chi connectivity index (χ3n) is 3.10. The van der Waals surface area contributed by atoms with E-state index in [1.54, 1.807) is 25.3 Å². The van der Waals surface area contributed by atoms with Gasteiger partial charge in [0.25, 0.3) is 5.91 Å². The Morgan fingerprint density at radius 1 is 1.17 bits per heavy atom. The van der Waals surface area contributed by atoms with E-state index in [-0.39, 0.29) is 11.7 Å². The van der Waals surface area contributed by atoms with Gasteiger partial charge in [0.2, 0.25) is 5.89 Å². The summed E-state index contributed by atoms with van der Waals surface area (Å²) >= 11 is 0. The number of aromatic nitrogens is 3. The number of nitrogens with zero attached hydrogens (tertiary/aromatic N) is 3. The van der Waals surface area contributed by atoms with Crippen LogP contribution in [-0.2, 0) is 6.42 Å². The van der Waals surface area contributed by atoms with E-state index in [1.807, 2.05) is 24.3 Å². The van der Waals surface area contributed by atoms with Crippen LogP contribution in [-0.4, -0.2) is 28.2 Å². The fraction of sp³-hybridized carbons (Fsp3) is 0.125. The number of carbonyl (C=O) groups is 1. The van der Waals surface area contributed by atoms with Gasteiger partial charge in [0, 0.05) is 6.20 Å². The van der Waals surface area contributed by atoms with Gasteiger partial charge in [-0.1, -0.05) is 23.3 Å². The molecule has 0 aliphatic heterocycles. The highest BCUT2D eigenvalue weighted by Gasteiger charge is 2.12. The van der Waals surface area contributed by atoms with E-state index in [0.717, 1.165) is 11.3 Å². The van der Waals surface area contributed by atoms with Crippen LogP contribution in [0.4, 0.5) is 6.01 Å². The van der Waals surface area contributed by atoms with Crippen molar-refractivity contribution < 1.29 is 13.9 Å². The summed E-state index contributed by atoms with van der Waals surface area (Å²) in [6.07, 6.45) is 2.01. The number of methoxy groups -OCH3 is 1. The third-order valence-corrected chi connectivity index (χ3v) is 3.10. The number of carbonyl (C=O) groups excluding carboxylic acids is 1. The van der Waals surface area contributed by atoms with Gasteiger partial charge < -0.3 is 9.15 Å². The first kappa shape index (κ1) is 14.7. The first-order valence-corrected chi connectivity index (χ1v) is 6.92. The predicted molar refractivity (Wildman–Crippen MR) is 82.3 cm³/mol. The molecule has 0 unspecified atom stereocenters. The molecule has 3 rings (SSSR count). The average molecular weight is 310 g/mol. The number of rotatable bonds is 5. The Hall–Kier alpha value is -3.22. The summed E-state index contributed by atoms with van der Waals surface area (Å²) < 4.78 is 10.5. The van der Waals surface area contributed by atoms with Crippen molar-refractivity contribution in [3.8, 4) is 5.75 Å². The number of benzene rings is 1. The molecular formula is C16H14N4O3. The third kappa shape index (κ3) is 3.70. The number of pyridine rings is 1. The molecule has 0 atom stereocenters. The number of anilines is 1. The second-order valence-electron chi connectivity index (χ2n) is 4.69. The van der Waals surface area contributed by atoms with Crippen molar-refractivity contribution in [3.05, 3.63) is 65.8 Å². The molecule has 1 aromatic carbocycles. The maximum atomic E-state index is 11.9. The van der Waals surface area contributed by atoms with Gasteiger partial charge in [-0.15, -0.1) is 5.10 Å². The van der Waals surface area contributed by atoms with E-state index in [2.05, 4.69) is 20.5 Å². The van der Waals surface area contributed by atoms with Crippen LogP contribution >= 0.6 is 0 Å². The van der Waals surface area contributed by atoms with E-state index in [1.165, 1.54) is 6.20 Å². The quantitative estimate of drug-likeness (QED) is 0.777. The molecule has 116 valence electrons. The summed E-state index contributed by atoms with van der Waals surface area (Å²) in [6.45, 7) is 0. The molecule has 0 radical (unpaired) electrons. The summed E-state index contributed by atoms with van der Waals surface area (Å²) in [5.41, 5.74) is 1.28. The smallest absolute Gasteiger partial charge is 0.322 e. The van der Waals surface area contributed by atoms with Gasteiger partial charge in [-0.25, -0.2) is 0 Å². The second-order valence-corrected chi connectivity index (χ2v) is 4.69. The topological polar surface area (TPSA) is 90.1 Å². The number of hydrogen-bond acceptors (Lipinski definition) is 6. The fourth-order valence-corrected chi connectivity index (χ4v) is 1.95. The van der Waals surface area contributed by atoms with E-state index < -0.39 is 5.91 Å². The molecule has 23 heavy (non-hydrogen) atoms. The number of amides is 1. The summed E-state index contributed by atoms with van der Waals surface area (Å²) in [4.78, 5) is 15.9. The molecule has 1 amide bonds. The van der Waals surface area contributed by atoms with E-state index in [9.17, 15) is 4.79 Å². The Balaban J connectivity index is 1.64. The normalized spacial score (nSPS) is 10.3. The van der Waals surface area contributed by atoms with Gasteiger partial charge in [-0.2, -0.15) is 0 Å². The Kier molecular flexibility index (Phi) is 4.28. The molecule has 0 aliphatic rings. The van der Waals surface area contributed by atoms with Crippen LogP contribution in [0.15, 0.2) is 53.1 Å². The maximum absolute atomic E-state index is 11.9. The zero-order valence-corrected chi connectivity index (χ0v) is 12.4. The van der Waals surface area contributed by atoms with E-state index >= 15 is 0 Å². The fourth-order valence-electron chi connectivity index (χ4n) is 1.95. The highest BCUT2D eigenvalue weighted by Crippen LogP contribution is 2.15. The van der Waals surface area contributed by atoms with Gasteiger partial charge in [0.05, 0.1) is 13.5 Å². The summed E-state index contributed by atoms with van der Waals surface area (Å²) in [5.74, 6) is 0.791. The van der Waals surface area contributed by atoms with Gasteiger partial charge in [0.1, 0.15) is 11.4 Å². The molecule has 1 N–H and O–H groups in total. The molecule has 2 aromatic heterocycles.